The summed E-state index contributed by atoms with van der Waals surface area (Å²) >= 11 is 0. The smallest absolute Gasteiger partial charge is 0.406 e. The van der Waals surface area contributed by atoms with Crippen molar-refractivity contribution in [3.8, 4) is 5.75 Å². The van der Waals surface area contributed by atoms with Gasteiger partial charge in [-0.3, -0.25) is 4.79 Å². The minimum Gasteiger partial charge on any atom is -0.485 e. The Kier molecular flexibility index (Phi) is 5.04. The van der Waals surface area contributed by atoms with Gasteiger partial charge in [0.05, 0.1) is 19.6 Å². The number of aryl methyl sites for hydroxylation is 1. The molecule has 0 spiro atoms. The van der Waals surface area contributed by atoms with Gasteiger partial charge in [-0.2, -0.15) is 0 Å². The Hall–Kier alpha value is -2.18. The normalized spacial score (nSPS) is 9.89. The van der Waals surface area contributed by atoms with Crippen LogP contribution in [0.3, 0.4) is 0 Å². The Labute approximate surface area is 104 Å². The van der Waals surface area contributed by atoms with Gasteiger partial charge >= 0.3 is 11.8 Å². The number of esters is 1. The fourth-order valence-electron chi connectivity index (χ4n) is 1.25. The molecule has 0 aliphatic carbocycles. The van der Waals surface area contributed by atoms with E-state index in [0.717, 1.165) is 0 Å². The zero-order valence-corrected chi connectivity index (χ0v) is 10.2. The van der Waals surface area contributed by atoms with Crippen LogP contribution in [0.1, 0.15) is 19.0 Å². The molecule has 1 aromatic heterocycles. The first kappa shape index (κ1) is 13.9. The molecule has 1 heterocycles. The Morgan fingerprint density at radius 2 is 2.22 bits per heavy atom. The molecule has 0 amide bonds. The van der Waals surface area contributed by atoms with Gasteiger partial charge in [0.2, 0.25) is 5.75 Å². The lowest BCUT2D eigenvalue weighted by Crippen LogP contribution is -2.10. The molecule has 0 aliphatic heterocycles. The third-order valence-electron chi connectivity index (χ3n) is 2.02. The molecular formula is C11H14N2O5. The Morgan fingerprint density at radius 3 is 2.83 bits per heavy atom. The Balaban J connectivity index is 2.62. The molecular weight excluding hydrogens is 240 g/mol. The topological polar surface area (TPSA) is 91.6 Å². The molecule has 0 bridgehead atoms. The van der Waals surface area contributed by atoms with Crippen LogP contribution in [0.25, 0.3) is 0 Å². The van der Waals surface area contributed by atoms with Gasteiger partial charge in [-0.1, -0.05) is 0 Å². The van der Waals surface area contributed by atoms with E-state index in [4.69, 9.17) is 9.47 Å². The van der Waals surface area contributed by atoms with Gasteiger partial charge in [-0.15, -0.1) is 0 Å². The lowest BCUT2D eigenvalue weighted by Gasteiger charge is -2.06. The van der Waals surface area contributed by atoms with E-state index in [2.05, 4.69) is 4.98 Å². The highest BCUT2D eigenvalue weighted by Crippen LogP contribution is 2.24. The largest absolute Gasteiger partial charge is 0.485 e. The van der Waals surface area contributed by atoms with Crippen molar-refractivity contribution in [2.24, 2.45) is 0 Å². The summed E-state index contributed by atoms with van der Waals surface area (Å²) in [6.45, 7) is 3.67. The van der Waals surface area contributed by atoms with Gasteiger partial charge in [0.1, 0.15) is 5.69 Å². The number of carbonyl (C=O) groups is 1. The summed E-state index contributed by atoms with van der Waals surface area (Å²) in [5.41, 5.74) is 0.527. The SMILES string of the molecule is CCOC(=O)CCOc1ccc(C)nc1[N+](=O)[O-]. The van der Waals surface area contributed by atoms with Crippen LogP contribution in [0.4, 0.5) is 5.82 Å². The number of hydrogen-bond donors (Lipinski definition) is 0. The number of ether oxygens (including phenoxy) is 2. The summed E-state index contributed by atoms with van der Waals surface area (Å²) in [6.07, 6.45) is 0.0405. The zero-order chi connectivity index (χ0) is 13.5. The molecule has 0 unspecified atom stereocenters. The molecule has 0 aromatic carbocycles. The second-order valence-corrected chi connectivity index (χ2v) is 3.43. The van der Waals surface area contributed by atoms with E-state index in [9.17, 15) is 14.9 Å². The third-order valence-corrected chi connectivity index (χ3v) is 2.02. The van der Waals surface area contributed by atoms with Crippen LogP contribution in [0, 0.1) is 17.0 Å². The van der Waals surface area contributed by atoms with E-state index in [0.29, 0.717) is 12.3 Å². The quantitative estimate of drug-likeness (QED) is 0.435. The number of hydrogen-bond acceptors (Lipinski definition) is 6. The summed E-state index contributed by atoms with van der Waals surface area (Å²) in [5.74, 6) is -0.700. The fourth-order valence-corrected chi connectivity index (χ4v) is 1.25. The predicted molar refractivity (Wildman–Crippen MR) is 62.4 cm³/mol. The fraction of sp³-hybridized carbons (Fsp3) is 0.455. The third kappa shape index (κ3) is 4.00. The van der Waals surface area contributed by atoms with Crippen LogP contribution in [-0.4, -0.2) is 29.1 Å². The second-order valence-electron chi connectivity index (χ2n) is 3.43. The standard InChI is InChI=1S/C11H14N2O5/c1-3-17-10(14)6-7-18-9-5-4-8(2)12-11(9)13(15)16/h4-5H,3,6-7H2,1-2H3. The van der Waals surface area contributed by atoms with Crippen LogP contribution >= 0.6 is 0 Å². The molecule has 0 saturated carbocycles. The number of nitro groups is 1. The minimum absolute atomic E-state index is 0.0183. The summed E-state index contributed by atoms with van der Waals surface area (Å²) in [4.78, 5) is 24.9. The highest BCUT2D eigenvalue weighted by atomic mass is 16.6. The van der Waals surface area contributed by atoms with E-state index in [-0.39, 0.29) is 24.6 Å². The number of rotatable bonds is 6. The minimum atomic E-state index is -0.618. The molecule has 0 aliphatic rings. The van der Waals surface area contributed by atoms with Gasteiger partial charge in [0.15, 0.2) is 0 Å². The first-order chi connectivity index (χ1) is 8.54. The van der Waals surface area contributed by atoms with E-state index < -0.39 is 10.9 Å². The lowest BCUT2D eigenvalue weighted by atomic mass is 10.3. The second kappa shape index (κ2) is 6.53. The monoisotopic (exact) mass is 254 g/mol. The molecule has 0 atom stereocenters. The van der Waals surface area contributed by atoms with Crippen LogP contribution in [-0.2, 0) is 9.53 Å². The van der Waals surface area contributed by atoms with Crippen molar-refractivity contribution in [2.45, 2.75) is 20.3 Å². The van der Waals surface area contributed by atoms with Crippen molar-refractivity contribution in [1.82, 2.24) is 4.98 Å². The number of pyridine rings is 1. The molecule has 0 saturated heterocycles. The van der Waals surface area contributed by atoms with Crippen molar-refractivity contribution in [1.29, 1.82) is 0 Å². The Bertz CT molecular complexity index is 447. The molecule has 98 valence electrons. The van der Waals surface area contributed by atoms with E-state index in [1.807, 2.05) is 0 Å². The van der Waals surface area contributed by atoms with Gasteiger partial charge < -0.3 is 19.6 Å². The van der Waals surface area contributed by atoms with Crippen molar-refractivity contribution >= 4 is 11.8 Å². The molecule has 0 N–H and O–H groups in total. The predicted octanol–water partition coefficient (Wildman–Crippen LogP) is 1.63. The van der Waals surface area contributed by atoms with Gasteiger partial charge in [0.25, 0.3) is 0 Å². The van der Waals surface area contributed by atoms with Crippen molar-refractivity contribution in [3.05, 3.63) is 27.9 Å². The van der Waals surface area contributed by atoms with Crippen LogP contribution in [0.5, 0.6) is 5.75 Å². The molecule has 1 aromatic rings. The van der Waals surface area contributed by atoms with Crippen LogP contribution in [0.2, 0.25) is 0 Å². The van der Waals surface area contributed by atoms with Gasteiger partial charge in [0, 0.05) is 6.92 Å². The summed E-state index contributed by atoms with van der Waals surface area (Å²) in [6, 6.07) is 3.07. The van der Waals surface area contributed by atoms with E-state index in [1.54, 1.807) is 19.9 Å². The highest BCUT2D eigenvalue weighted by molar-refractivity contribution is 5.69. The first-order valence-electron chi connectivity index (χ1n) is 5.45. The van der Waals surface area contributed by atoms with Gasteiger partial charge in [-0.25, -0.2) is 0 Å². The van der Waals surface area contributed by atoms with Crippen molar-refractivity contribution in [3.63, 3.8) is 0 Å². The lowest BCUT2D eigenvalue weighted by molar-refractivity contribution is -0.390. The molecule has 0 fully saturated rings. The van der Waals surface area contributed by atoms with Gasteiger partial charge in [-0.05, 0) is 29.0 Å². The summed E-state index contributed by atoms with van der Waals surface area (Å²) in [5, 5.41) is 10.7. The van der Waals surface area contributed by atoms with Crippen LogP contribution in [0.15, 0.2) is 12.1 Å². The zero-order valence-electron chi connectivity index (χ0n) is 10.2. The molecule has 1 rings (SSSR count). The number of nitrogens with zero attached hydrogens (tertiary/aromatic N) is 2. The van der Waals surface area contributed by atoms with Crippen LogP contribution < -0.4 is 4.74 Å². The van der Waals surface area contributed by atoms with Crippen molar-refractivity contribution in [2.75, 3.05) is 13.2 Å². The maximum absolute atomic E-state index is 11.1. The number of aromatic nitrogens is 1. The first-order valence-corrected chi connectivity index (χ1v) is 5.45. The molecule has 7 nitrogen and oxygen atoms in total. The highest BCUT2D eigenvalue weighted by Gasteiger charge is 2.17. The Morgan fingerprint density at radius 1 is 1.50 bits per heavy atom. The average molecular weight is 254 g/mol. The molecule has 7 heteroatoms. The number of carbonyl (C=O) groups excluding carboxylic acids is 1. The van der Waals surface area contributed by atoms with E-state index in [1.165, 1.54) is 6.07 Å². The summed E-state index contributed by atoms with van der Waals surface area (Å²) in [7, 11) is 0. The van der Waals surface area contributed by atoms with Crippen molar-refractivity contribution < 1.29 is 19.2 Å². The molecule has 18 heavy (non-hydrogen) atoms. The summed E-state index contributed by atoms with van der Waals surface area (Å²) < 4.78 is 9.87. The average Bonchev–Trinajstić information content (AvgIpc) is 2.31. The maximum Gasteiger partial charge on any atom is 0.406 e. The van der Waals surface area contributed by atoms with E-state index >= 15 is 0 Å². The maximum atomic E-state index is 11.1. The molecule has 0 radical (unpaired) electrons.